The van der Waals surface area contributed by atoms with E-state index in [-0.39, 0.29) is 5.78 Å². The van der Waals surface area contributed by atoms with Crippen molar-refractivity contribution in [2.24, 2.45) is 0 Å². The monoisotopic (exact) mass is 373 g/mol. The molecule has 2 N–H and O–H groups in total. The van der Waals surface area contributed by atoms with Crippen molar-refractivity contribution in [3.63, 3.8) is 0 Å². The molecule has 0 fully saturated rings. The van der Waals surface area contributed by atoms with Crippen molar-refractivity contribution in [1.82, 2.24) is 15.0 Å². The van der Waals surface area contributed by atoms with E-state index in [0.29, 0.717) is 24.5 Å². The maximum Gasteiger partial charge on any atom is 0.220 e. The van der Waals surface area contributed by atoms with E-state index in [1.54, 1.807) is 6.20 Å². The van der Waals surface area contributed by atoms with E-state index < -0.39 is 0 Å². The molecule has 6 nitrogen and oxygen atoms in total. The summed E-state index contributed by atoms with van der Waals surface area (Å²) < 4.78 is 0. The van der Waals surface area contributed by atoms with Crippen LogP contribution in [0.5, 0.6) is 0 Å². The molecular weight excluding hydrogens is 350 g/mol. The predicted octanol–water partition coefficient (Wildman–Crippen LogP) is 3.06. The van der Waals surface area contributed by atoms with Crippen LogP contribution < -0.4 is 10.6 Å². The molecular formula is C22H23N5O. The Bertz CT molecular complexity index is 1050. The second kappa shape index (κ2) is 7.38. The highest BCUT2D eigenvalue weighted by Crippen LogP contribution is 2.24. The van der Waals surface area contributed by atoms with Crippen molar-refractivity contribution in [1.29, 1.82) is 0 Å². The van der Waals surface area contributed by atoms with Gasteiger partial charge in [0.25, 0.3) is 0 Å². The molecule has 0 spiro atoms. The lowest BCUT2D eigenvalue weighted by atomic mass is 10.0. The number of aryl methyl sites for hydroxylation is 2. The highest BCUT2D eigenvalue weighted by Gasteiger charge is 2.21. The summed E-state index contributed by atoms with van der Waals surface area (Å²) in [7, 11) is 0. The van der Waals surface area contributed by atoms with Crippen LogP contribution in [0.1, 0.15) is 38.4 Å². The van der Waals surface area contributed by atoms with Gasteiger partial charge in [-0.05, 0) is 31.5 Å². The van der Waals surface area contributed by atoms with Crippen LogP contribution in [0, 0.1) is 13.8 Å². The van der Waals surface area contributed by atoms with Gasteiger partial charge >= 0.3 is 0 Å². The van der Waals surface area contributed by atoms with Crippen molar-refractivity contribution in [3.05, 3.63) is 76.2 Å². The second-order valence-electron chi connectivity index (χ2n) is 7.32. The fourth-order valence-electron chi connectivity index (χ4n) is 3.61. The fraction of sp³-hybridized carbons (Fsp3) is 0.273. The molecule has 0 bridgehead atoms. The fourth-order valence-corrected chi connectivity index (χ4v) is 3.61. The van der Waals surface area contributed by atoms with E-state index >= 15 is 0 Å². The van der Waals surface area contributed by atoms with Gasteiger partial charge in [0, 0.05) is 48.9 Å². The van der Waals surface area contributed by atoms with Gasteiger partial charge in [-0.25, -0.2) is 15.0 Å². The number of rotatable bonds is 4. The Hall–Kier alpha value is -3.28. The summed E-state index contributed by atoms with van der Waals surface area (Å²) in [4.78, 5) is 28.1. The number of hydrogen-bond acceptors (Lipinski definition) is 6. The molecule has 4 rings (SSSR count). The van der Waals surface area contributed by atoms with E-state index in [1.165, 1.54) is 0 Å². The number of fused-ring (bicyclic) bond motifs is 1. The summed E-state index contributed by atoms with van der Waals surface area (Å²) in [6.45, 7) is 5.41. The number of nitrogens with zero attached hydrogens (tertiary/aromatic N) is 4. The first-order valence-corrected chi connectivity index (χ1v) is 9.40. The van der Waals surface area contributed by atoms with Gasteiger partial charge in [0.1, 0.15) is 5.82 Å². The molecule has 0 atom stereocenters. The van der Waals surface area contributed by atoms with Gasteiger partial charge in [-0.3, -0.25) is 4.79 Å². The van der Waals surface area contributed by atoms with Crippen LogP contribution in [0.15, 0.2) is 42.6 Å². The summed E-state index contributed by atoms with van der Waals surface area (Å²) in [6, 6.07) is 11.8. The highest BCUT2D eigenvalue weighted by molar-refractivity contribution is 5.98. The number of carbonyl (C=O) groups excluding carboxylic acids is 1. The second-order valence-corrected chi connectivity index (χ2v) is 7.32. The average Bonchev–Trinajstić information content (AvgIpc) is 2.67. The molecule has 3 aromatic rings. The van der Waals surface area contributed by atoms with Gasteiger partial charge in [-0.2, -0.15) is 0 Å². The topological polar surface area (TPSA) is 85.0 Å². The Morgan fingerprint density at radius 3 is 2.86 bits per heavy atom. The van der Waals surface area contributed by atoms with Crippen LogP contribution in [0.4, 0.5) is 11.8 Å². The molecule has 1 aliphatic rings. The number of Topliss-reactive ketones (excluding diaryl/α,β-unsaturated/α-hetero) is 1. The van der Waals surface area contributed by atoms with Crippen LogP contribution in [0.3, 0.4) is 0 Å². The Balaban J connectivity index is 1.57. The zero-order valence-electron chi connectivity index (χ0n) is 16.1. The van der Waals surface area contributed by atoms with Crippen LogP contribution in [0.25, 0.3) is 0 Å². The summed E-state index contributed by atoms with van der Waals surface area (Å²) in [6.07, 6.45) is 2.95. The first kappa shape index (κ1) is 18.1. The molecule has 3 heterocycles. The normalized spacial score (nSPS) is 13.3. The highest BCUT2D eigenvalue weighted by atomic mass is 16.1. The minimum Gasteiger partial charge on any atom is -0.368 e. The van der Waals surface area contributed by atoms with E-state index in [0.717, 1.165) is 46.9 Å². The molecule has 0 saturated heterocycles. The molecule has 1 aliphatic heterocycles. The molecule has 1 aromatic carbocycles. The van der Waals surface area contributed by atoms with Gasteiger partial charge in [0.15, 0.2) is 5.78 Å². The lowest BCUT2D eigenvalue weighted by Gasteiger charge is -2.29. The minimum absolute atomic E-state index is 0.103. The lowest BCUT2D eigenvalue weighted by Crippen LogP contribution is -2.32. The maximum atomic E-state index is 12.9. The van der Waals surface area contributed by atoms with Crippen molar-refractivity contribution in [2.45, 2.75) is 33.2 Å². The average molecular weight is 373 g/mol. The Morgan fingerprint density at radius 1 is 1.18 bits per heavy atom. The number of carbonyl (C=O) groups is 1. The number of pyridine rings is 1. The van der Waals surface area contributed by atoms with Gasteiger partial charge in [-0.1, -0.05) is 29.8 Å². The standard InChI is InChI=1S/C22H23N5O/c1-14-4-3-5-16(8-14)10-20(28)17-9-15(2)25-21(11-17)27-7-6-19-18(13-27)12-24-22(23)26-19/h3-5,8-9,11-12H,6-7,10,13H2,1-2H3,(H2,23,24,26). The summed E-state index contributed by atoms with van der Waals surface area (Å²) in [5.41, 5.74) is 11.5. The molecule has 28 heavy (non-hydrogen) atoms. The summed E-state index contributed by atoms with van der Waals surface area (Å²) in [5.74, 6) is 1.23. The Morgan fingerprint density at radius 2 is 2.04 bits per heavy atom. The van der Waals surface area contributed by atoms with Gasteiger partial charge in [-0.15, -0.1) is 0 Å². The number of aromatic nitrogens is 3. The lowest BCUT2D eigenvalue weighted by molar-refractivity contribution is 0.0993. The van der Waals surface area contributed by atoms with Gasteiger partial charge in [0.2, 0.25) is 5.95 Å². The van der Waals surface area contributed by atoms with Crippen molar-refractivity contribution in [2.75, 3.05) is 17.2 Å². The van der Waals surface area contributed by atoms with Gasteiger partial charge < -0.3 is 10.6 Å². The van der Waals surface area contributed by atoms with Crippen molar-refractivity contribution < 1.29 is 4.79 Å². The van der Waals surface area contributed by atoms with E-state index in [1.807, 2.05) is 44.2 Å². The number of nitrogens with two attached hydrogens (primary N) is 1. The van der Waals surface area contributed by atoms with Crippen LogP contribution in [-0.2, 0) is 19.4 Å². The van der Waals surface area contributed by atoms with Crippen molar-refractivity contribution >= 4 is 17.5 Å². The molecule has 142 valence electrons. The number of nitrogen functional groups attached to an aromatic ring is 1. The SMILES string of the molecule is Cc1cccc(CC(=O)c2cc(C)nc(N3CCc4nc(N)ncc4C3)c2)c1. The molecule has 0 unspecified atom stereocenters. The zero-order chi connectivity index (χ0) is 19.7. The molecule has 2 aromatic heterocycles. The van der Waals surface area contributed by atoms with Crippen LogP contribution >= 0.6 is 0 Å². The van der Waals surface area contributed by atoms with E-state index in [9.17, 15) is 4.79 Å². The number of anilines is 2. The number of ketones is 1. The van der Waals surface area contributed by atoms with Crippen LogP contribution in [0.2, 0.25) is 0 Å². The molecule has 0 radical (unpaired) electrons. The third-order valence-electron chi connectivity index (χ3n) is 4.99. The van der Waals surface area contributed by atoms with E-state index in [4.69, 9.17) is 5.73 Å². The third-order valence-corrected chi connectivity index (χ3v) is 4.99. The molecule has 0 amide bonds. The van der Waals surface area contributed by atoms with Crippen LogP contribution in [-0.4, -0.2) is 27.3 Å². The minimum atomic E-state index is 0.103. The number of benzene rings is 1. The van der Waals surface area contributed by atoms with E-state index in [2.05, 4.69) is 25.9 Å². The smallest absolute Gasteiger partial charge is 0.220 e. The van der Waals surface area contributed by atoms with Gasteiger partial charge in [0.05, 0.1) is 5.69 Å². The largest absolute Gasteiger partial charge is 0.368 e. The Labute approximate surface area is 164 Å². The molecule has 0 saturated carbocycles. The molecule has 6 heteroatoms. The zero-order valence-corrected chi connectivity index (χ0v) is 16.1. The summed E-state index contributed by atoms with van der Waals surface area (Å²) >= 11 is 0. The third kappa shape index (κ3) is 3.86. The van der Waals surface area contributed by atoms with Crippen molar-refractivity contribution in [3.8, 4) is 0 Å². The molecule has 0 aliphatic carbocycles. The quantitative estimate of drug-likeness (QED) is 0.708. The number of hydrogen-bond donors (Lipinski definition) is 1. The predicted molar refractivity (Wildman–Crippen MR) is 109 cm³/mol. The Kier molecular flexibility index (Phi) is 4.77. The summed E-state index contributed by atoms with van der Waals surface area (Å²) in [5, 5.41) is 0. The first-order valence-electron chi connectivity index (χ1n) is 9.40. The first-order chi connectivity index (χ1) is 13.5. The maximum absolute atomic E-state index is 12.9.